The highest BCUT2D eigenvalue weighted by atomic mass is 16.2. The zero-order valence-electron chi connectivity index (χ0n) is 12.2. The molecule has 108 valence electrons. The zero-order valence-corrected chi connectivity index (χ0v) is 12.2. The van der Waals surface area contributed by atoms with E-state index in [0.717, 1.165) is 38.3 Å². The smallest absolute Gasteiger partial charge is 0.325 e. The van der Waals surface area contributed by atoms with Gasteiger partial charge in [-0.05, 0) is 31.1 Å². The minimum Gasteiger partial charge on any atom is -0.326 e. The van der Waals surface area contributed by atoms with Crippen LogP contribution >= 0.6 is 0 Å². The molecule has 1 N–H and O–H groups in total. The van der Waals surface area contributed by atoms with Gasteiger partial charge in [-0.1, -0.05) is 20.8 Å². The van der Waals surface area contributed by atoms with Crippen molar-refractivity contribution in [3.8, 4) is 0 Å². The molecule has 0 spiro atoms. The van der Waals surface area contributed by atoms with Crippen LogP contribution in [0.1, 0.15) is 40.0 Å². The van der Waals surface area contributed by atoms with Crippen molar-refractivity contribution >= 4 is 11.9 Å². The Balaban J connectivity index is 1.89. The molecule has 0 aromatic heterocycles. The van der Waals surface area contributed by atoms with Crippen molar-refractivity contribution in [3.63, 3.8) is 0 Å². The summed E-state index contributed by atoms with van der Waals surface area (Å²) in [4.78, 5) is 27.7. The third-order valence-electron chi connectivity index (χ3n) is 4.03. The van der Waals surface area contributed by atoms with Crippen molar-refractivity contribution in [2.45, 2.75) is 46.1 Å². The van der Waals surface area contributed by atoms with Crippen molar-refractivity contribution in [2.75, 3.05) is 19.8 Å². The Morgan fingerprint density at radius 1 is 1.26 bits per heavy atom. The lowest BCUT2D eigenvalue weighted by Gasteiger charge is -2.32. The molecule has 2 aliphatic heterocycles. The highest BCUT2D eigenvalue weighted by molar-refractivity contribution is 6.04. The second-order valence-electron chi connectivity index (χ2n) is 6.34. The average molecular weight is 267 g/mol. The summed E-state index contributed by atoms with van der Waals surface area (Å²) in [7, 11) is 0. The molecule has 0 radical (unpaired) electrons. The first-order valence-electron chi connectivity index (χ1n) is 7.31. The fourth-order valence-corrected chi connectivity index (χ4v) is 2.75. The maximum Gasteiger partial charge on any atom is 0.325 e. The van der Waals surface area contributed by atoms with Crippen LogP contribution in [0.3, 0.4) is 0 Å². The number of carbonyl (C=O) groups is 2. The number of hydrogen-bond donors (Lipinski definition) is 1. The van der Waals surface area contributed by atoms with Crippen LogP contribution in [0.25, 0.3) is 0 Å². The SMILES string of the molecule is CC(C)CC1NC(=O)N(CN2CCC(C)CC2)C1=O. The Hall–Kier alpha value is -1.10. The standard InChI is InChI=1S/C14H25N3O2/c1-10(2)8-12-13(18)17(14(19)15-12)9-16-6-4-11(3)5-7-16/h10-12H,4-9H2,1-3H3,(H,15,19). The molecular formula is C14H25N3O2. The van der Waals surface area contributed by atoms with E-state index < -0.39 is 0 Å². The monoisotopic (exact) mass is 267 g/mol. The number of urea groups is 1. The van der Waals surface area contributed by atoms with Gasteiger partial charge in [0.05, 0.1) is 6.67 Å². The first-order chi connectivity index (χ1) is 8.97. The van der Waals surface area contributed by atoms with Crippen molar-refractivity contribution in [1.29, 1.82) is 0 Å². The Labute approximate surface area is 115 Å². The fourth-order valence-electron chi connectivity index (χ4n) is 2.75. The molecule has 2 aliphatic rings. The number of piperidine rings is 1. The number of amides is 3. The fraction of sp³-hybridized carbons (Fsp3) is 0.857. The number of hydrogen-bond acceptors (Lipinski definition) is 3. The molecule has 2 fully saturated rings. The molecule has 2 saturated heterocycles. The van der Waals surface area contributed by atoms with Crippen LogP contribution in [0.5, 0.6) is 0 Å². The molecule has 0 saturated carbocycles. The predicted octanol–water partition coefficient (Wildman–Crippen LogP) is 1.64. The van der Waals surface area contributed by atoms with Crippen LogP contribution in [0, 0.1) is 11.8 Å². The molecule has 1 unspecified atom stereocenters. The minimum atomic E-state index is -0.323. The van der Waals surface area contributed by atoms with E-state index in [1.54, 1.807) is 0 Å². The van der Waals surface area contributed by atoms with E-state index in [0.29, 0.717) is 12.6 Å². The van der Waals surface area contributed by atoms with Crippen LogP contribution in [-0.4, -0.2) is 47.5 Å². The molecule has 0 aliphatic carbocycles. The molecule has 2 heterocycles. The average Bonchev–Trinajstić information content (AvgIpc) is 2.59. The maximum absolute atomic E-state index is 12.2. The summed E-state index contributed by atoms with van der Waals surface area (Å²) < 4.78 is 0. The number of likely N-dealkylation sites (tertiary alicyclic amines) is 1. The van der Waals surface area contributed by atoms with Gasteiger partial charge in [0.2, 0.25) is 0 Å². The summed E-state index contributed by atoms with van der Waals surface area (Å²) in [6.45, 7) is 8.79. The highest BCUT2D eigenvalue weighted by Crippen LogP contribution is 2.19. The number of rotatable bonds is 4. The summed E-state index contributed by atoms with van der Waals surface area (Å²) in [5.74, 6) is 1.11. The predicted molar refractivity (Wildman–Crippen MR) is 73.5 cm³/mol. The van der Waals surface area contributed by atoms with Crippen LogP contribution < -0.4 is 5.32 Å². The Morgan fingerprint density at radius 2 is 1.89 bits per heavy atom. The Kier molecular flexibility index (Phi) is 4.45. The lowest BCUT2D eigenvalue weighted by molar-refractivity contribution is -0.129. The lowest BCUT2D eigenvalue weighted by Crippen LogP contribution is -2.45. The molecule has 3 amide bonds. The van der Waals surface area contributed by atoms with E-state index in [1.807, 2.05) is 0 Å². The van der Waals surface area contributed by atoms with Crippen molar-refractivity contribution in [1.82, 2.24) is 15.1 Å². The Morgan fingerprint density at radius 3 is 2.47 bits per heavy atom. The zero-order chi connectivity index (χ0) is 14.0. The largest absolute Gasteiger partial charge is 0.326 e. The van der Waals surface area contributed by atoms with Gasteiger partial charge in [-0.15, -0.1) is 0 Å². The molecule has 0 aromatic rings. The first-order valence-corrected chi connectivity index (χ1v) is 7.31. The normalized spacial score (nSPS) is 26.3. The molecule has 5 heteroatoms. The van der Waals surface area contributed by atoms with Gasteiger partial charge in [-0.2, -0.15) is 0 Å². The van der Waals surface area contributed by atoms with Crippen molar-refractivity contribution < 1.29 is 9.59 Å². The number of imide groups is 1. The van der Waals surface area contributed by atoms with Crippen LogP contribution in [0.2, 0.25) is 0 Å². The van der Waals surface area contributed by atoms with Gasteiger partial charge in [0.25, 0.3) is 5.91 Å². The van der Waals surface area contributed by atoms with E-state index in [2.05, 4.69) is 31.0 Å². The first kappa shape index (κ1) is 14.3. The number of nitrogens with one attached hydrogen (secondary N) is 1. The summed E-state index contributed by atoms with van der Waals surface area (Å²) >= 11 is 0. The number of nitrogens with zero attached hydrogens (tertiary/aromatic N) is 2. The van der Waals surface area contributed by atoms with Gasteiger partial charge >= 0.3 is 6.03 Å². The summed E-state index contributed by atoms with van der Waals surface area (Å²) in [6.07, 6.45) is 3.02. The van der Waals surface area contributed by atoms with Gasteiger partial charge in [-0.25, -0.2) is 9.69 Å². The quantitative estimate of drug-likeness (QED) is 0.788. The van der Waals surface area contributed by atoms with Gasteiger partial charge in [0, 0.05) is 13.1 Å². The van der Waals surface area contributed by atoms with E-state index in [-0.39, 0.29) is 18.0 Å². The van der Waals surface area contributed by atoms with Crippen molar-refractivity contribution in [2.24, 2.45) is 11.8 Å². The Bertz CT molecular complexity index is 349. The molecule has 1 atom stereocenters. The van der Waals surface area contributed by atoms with Crippen molar-refractivity contribution in [3.05, 3.63) is 0 Å². The molecule has 0 bridgehead atoms. The molecule has 2 rings (SSSR count). The van der Waals surface area contributed by atoms with Gasteiger partial charge in [0.15, 0.2) is 0 Å². The van der Waals surface area contributed by atoms with Gasteiger partial charge in [0.1, 0.15) is 6.04 Å². The van der Waals surface area contributed by atoms with Crippen LogP contribution in [-0.2, 0) is 4.79 Å². The molecule has 5 nitrogen and oxygen atoms in total. The van der Waals surface area contributed by atoms with E-state index in [4.69, 9.17) is 0 Å². The van der Waals surface area contributed by atoms with E-state index in [9.17, 15) is 9.59 Å². The molecule has 19 heavy (non-hydrogen) atoms. The second-order valence-corrected chi connectivity index (χ2v) is 6.34. The van der Waals surface area contributed by atoms with E-state index in [1.165, 1.54) is 4.90 Å². The lowest BCUT2D eigenvalue weighted by atomic mass is 10.00. The minimum absolute atomic E-state index is 0.0580. The topological polar surface area (TPSA) is 52.7 Å². The van der Waals surface area contributed by atoms with Crippen LogP contribution in [0.15, 0.2) is 0 Å². The van der Waals surface area contributed by atoms with Crippen LogP contribution in [0.4, 0.5) is 4.79 Å². The molecular weight excluding hydrogens is 242 g/mol. The third kappa shape index (κ3) is 3.47. The maximum atomic E-state index is 12.2. The number of carbonyl (C=O) groups excluding carboxylic acids is 2. The molecule has 0 aromatic carbocycles. The van der Waals surface area contributed by atoms with Gasteiger partial charge < -0.3 is 5.32 Å². The summed E-state index contributed by atoms with van der Waals surface area (Å²) in [5.41, 5.74) is 0. The van der Waals surface area contributed by atoms with Gasteiger partial charge in [-0.3, -0.25) is 9.69 Å². The second kappa shape index (κ2) is 5.90. The van der Waals surface area contributed by atoms with E-state index >= 15 is 0 Å². The third-order valence-corrected chi connectivity index (χ3v) is 4.03. The summed E-state index contributed by atoms with van der Waals surface area (Å²) in [6, 6.07) is -0.550. The summed E-state index contributed by atoms with van der Waals surface area (Å²) in [5, 5.41) is 2.79. The highest BCUT2D eigenvalue weighted by Gasteiger charge is 2.38.